The lowest BCUT2D eigenvalue weighted by Crippen LogP contribution is -2.48. The number of ether oxygens (including phenoxy) is 1. The normalized spacial score (nSPS) is 17.6. The van der Waals surface area contributed by atoms with Crippen molar-refractivity contribution < 1.29 is 22.3 Å². The van der Waals surface area contributed by atoms with Gasteiger partial charge < -0.3 is 10.1 Å². The maximum absolute atomic E-state index is 13.4. The fourth-order valence-electron chi connectivity index (χ4n) is 3.34. The van der Waals surface area contributed by atoms with E-state index in [-0.39, 0.29) is 17.3 Å². The zero-order chi connectivity index (χ0) is 20.9. The maximum atomic E-state index is 13.4. The van der Waals surface area contributed by atoms with Crippen molar-refractivity contribution in [1.82, 2.24) is 9.62 Å². The summed E-state index contributed by atoms with van der Waals surface area (Å²) in [7, 11) is -4.01. The third-order valence-corrected chi connectivity index (χ3v) is 6.72. The van der Waals surface area contributed by atoms with Gasteiger partial charge in [-0.2, -0.15) is 4.31 Å². The summed E-state index contributed by atoms with van der Waals surface area (Å²) in [5.41, 5.74) is 0.733. The third-order valence-electron chi connectivity index (χ3n) is 4.85. The monoisotopic (exact) mass is 420 g/mol. The highest BCUT2D eigenvalue weighted by atomic mass is 32.2. The molecule has 2 aromatic rings. The van der Waals surface area contributed by atoms with E-state index in [0.29, 0.717) is 25.3 Å². The second-order valence-electron chi connectivity index (χ2n) is 6.88. The zero-order valence-corrected chi connectivity index (χ0v) is 17.1. The van der Waals surface area contributed by atoms with Crippen LogP contribution in [-0.4, -0.2) is 37.8 Å². The number of hydrogen-bond donors (Lipinski definition) is 1. The third kappa shape index (κ3) is 5.13. The quantitative estimate of drug-likeness (QED) is 0.747. The molecule has 156 valence electrons. The van der Waals surface area contributed by atoms with E-state index < -0.39 is 21.9 Å². The lowest BCUT2D eigenvalue weighted by atomic mass is 10.1. The minimum atomic E-state index is -4.01. The molecule has 1 saturated heterocycles. The first-order chi connectivity index (χ1) is 13.9. The number of carbonyl (C=O) groups is 1. The van der Waals surface area contributed by atoms with Crippen LogP contribution < -0.4 is 10.1 Å². The molecule has 1 amide bonds. The SMILES string of the molecule is CCOc1ccc(CN([C@@H]2CCCCNC2=O)S(=O)(=O)c2ccc(F)cc2)cc1. The van der Waals surface area contributed by atoms with Crippen molar-refractivity contribution >= 4 is 15.9 Å². The van der Waals surface area contributed by atoms with Crippen LogP contribution in [0.15, 0.2) is 53.4 Å². The van der Waals surface area contributed by atoms with Gasteiger partial charge >= 0.3 is 0 Å². The summed E-state index contributed by atoms with van der Waals surface area (Å²) in [6.07, 6.45) is 1.97. The van der Waals surface area contributed by atoms with E-state index in [1.807, 2.05) is 6.92 Å². The highest BCUT2D eigenvalue weighted by molar-refractivity contribution is 7.89. The van der Waals surface area contributed by atoms with Crippen LogP contribution in [0, 0.1) is 5.82 Å². The van der Waals surface area contributed by atoms with E-state index in [9.17, 15) is 17.6 Å². The van der Waals surface area contributed by atoms with Gasteiger partial charge in [-0.25, -0.2) is 12.8 Å². The number of hydrogen-bond acceptors (Lipinski definition) is 4. The van der Waals surface area contributed by atoms with Crippen molar-refractivity contribution in [2.24, 2.45) is 0 Å². The lowest BCUT2D eigenvalue weighted by molar-refractivity contribution is -0.124. The average molecular weight is 421 g/mol. The van der Waals surface area contributed by atoms with E-state index in [1.54, 1.807) is 24.3 Å². The smallest absolute Gasteiger partial charge is 0.244 e. The van der Waals surface area contributed by atoms with Crippen molar-refractivity contribution in [1.29, 1.82) is 0 Å². The van der Waals surface area contributed by atoms with Crippen LogP contribution in [0.1, 0.15) is 31.7 Å². The Bertz CT molecular complexity index is 930. The summed E-state index contributed by atoms with van der Waals surface area (Å²) >= 11 is 0. The standard InChI is InChI=1S/C21H25FN2O4S/c1-2-28-18-10-6-16(7-11-18)15-24(20-5-3-4-14-23-21(20)25)29(26,27)19-12-8-17(22)9-13-19/h6-13,20H,2-5,14-15H2,1H3,(H,23,25)/t20-/m1/s1. The summed E-state index contributed by atoms with van der Waals surface area (Å²) in [5, 5.41) is 2.79. The molecular weight excluding hydrogens is 395 g/mol. The molecule has 1 aliphatic heterocycles. The Kier molecular flexibility index (Phi) is 6.87. The van der Waals surface area contributed by atoms with Crippen LogP contribution in [0.25, 0.3) is 0 Å². The number of amides is 1. The topological polar surface area (TPSA) is 75.7 Å². The van der Waals surface area contributed by atoms with E-state index in [2.05, 4.69) is 5.32 Å². The number of sulfonamides is 1. The summed E-state index contributed by atoms with van der Waals surface area (Å²) in [6, 6.07) is 11.0. The Morgan fingerprint density at radius 2 is 1.79 bits per heavy atom. The largest absolute Gasteiger partial charge is 0.494 e. The molecule has 0 spiro atoms. The molecule has 0 aliphatic carbocycles. The molecule has 1 aliphatic rings. The molecule has 0 bridgehead atoms. The molecule has 0 unspecified atom stereocenters. The Morgan fingerprint density at radius 3 is 2.45 bits per heavy atom. The molecule has 29 heavy (non-hydrogen) atoms. The summed E-state index contributed by atoms with van der Waals surface area (Å²) in [4.78, 5) is 12.6. The van der Waals surface area contributed by atoms with Crippen molar-refractivity contribution in [3.63, 3.8) is 0 Å². The molecule has 1 heterocycles. The van der Waals surface area contributed by atoms with Crippen molar-refractivity contribution in [2.45, 2.75) is 43.7 Å². The predicted molar refractivity (Wildman–Crippen MR) is 107 cm³/mol. The summed E-state index contributed by atoms with van der Waals surface area (Å²) in [5.74, 6) is -0.134. The fraction of sp³-hybridized carbons (Fsp3) is 0.381. The molecule has 6 nitrogen and oxygen atoms in total. The molecule has 1 fully saturated rings. The number of nitrogens with one attached hydrogen (secondary N) is 1. The number of benzene rings is 2. The second-order valence-corrected chi connectivity index (χ2v) is 8.77. The number of carbonyl (C=O) groups excluding carboxylic acids is 1. The van der Waals surface area contributed by atoms with Crippen LogP contribution in [0.5, 0.6) is 5.75 Å². The van der Waals surface area contributed by atoms with Gasteiger partial charge in [-0.15, -0.1) is 0 Å². The van der Waals surface area contributed by atoms with Crippen LogP contribution >= 0.6 is 0 Å². The summed E-state index contributed by atoms with van der Waals surface area (Å²) in [6.45, 7) is 2.98. The van der Waals surface area contributed by atoms with Crippen molar-refractivity contribution in [3.05, 3.63) is 59.9 Å². The van der Waals surface area contributed by atoms with Crippen LogP contribution in [0.3, 0.4) is 0 Å². The number of nitrogens with zero attached hydrogens (tertiary/aromatic N) is 1. The molecule has 1 atom stereocenters. The van der Waals surface area contributed by atoms with Gasteiger partial charge in [0.1, 0.15) is 17.6 Å². The first-order valence-electron chi connectivity index (χ1n) is 9.68. The van der Waals surface area contributed by atoms with Crippen molar-refractivity contribution in [2.75, 3.05) is 13.2 Å². The van der Waals surface area contributed by atoms with Crippen LogP contribution in [0.2, 0.25) is 0 Å². The maximum Gasteiger partial charge on any atom is 0.244 e. The first-order valence-corrected chi connectivity index (χ1v) is 11.1. The van der Waals surface area contributed by atoms with Gasteiger partial charge in [0.2, 0.25) is 15.9 Å². The Hall–Kier alpha value is -2.45. The molecule has 0 aromatic heterocycles. The number of rotatable bonds is 7. The minimum Gasteiger partial charge on any atom is -0.494 e. The number of halogens is 1. The van der Waals surface area contributed by atoms with Gasteiger partial charge in [0.05, 0.1) is 11.5 Å². The highest BCUT2D eigenvalue weighted by Crippen LogP contribution is 2.26. The minimum absolute atomic E-state index is 0.0319. The van der Waals surface area contributed by atoms with E-state index >= 15 is 0 Å². The first kappa shape index (κ1) is 21.3. The molecule has 1 N–H and O–H groups in total. The van der Waals surface area contributed by atoms with Gasteiger partial charge in [0.25, 0.3) is 0 Å². The van der Waals surface area contributed by atoms with Crippen LogP contribution in [-0.2, 0) is 21.4 Å². The Balaban J connectivity index is 1.96. The van der Waals surface area contributed by atoms with E-state index in [0.717, 1.165) is 30.5 Å². The predicted octanol–water partition coefficient (Wildman–Crippen LogP) is 3.08. The summed E-state index contributed by atoms with van der Waals surface area (Å²) < 4.78 is 46.7. The second kappa shape index (κ2) is 9.37. The van der Waals surface area contributed by atoms with Gasteiger partial charge in [0, 0.05) is 13.1 Å². The zero-order valence-electron chi connectivity index (χ0n) is 16.3. The van der Waals surface area contributed by atoms with Gasteiger partial charge in [-0.05, 0) is 68.1 Å². The lowest BCUT2D eigenvalue weighted by Gasteiger charge is -2.29. The fourth-order valence-corrected chi connectivity index (χ4v) is 4.95. The molecule has 2 aromatic carbocycles. The highest BCUT2D eigenvalue weighted by Gasteiger charge is 2.36. The molecule has 0 saturated carbocycles. The van der Waals surface area contributed by atoms with E-state index in [1.165, 1.54) is 16.4 Å². The van der Waals surface area contributed by atoms with Gasteiger partial charge in [0.15, 0.2) is 0 Å². The Morgan fingerprint density at radius 1 is 1.10 bits per heavy atom. The van der Waals surface area contributed by atoms with E-state index in [4.69, 9.17) is 4.74 Å². The average Bonchev–Trinajstić information content (AvgIpc) is 2.92. The van der Waals surface area contributed by atoms with Crippen molar-refractivity contribution in [3.8, 4) is 5.75 Å². The molecule has 0 radical (unpaired) electrons. The molecule has 3 rings (SSSR count). The molecular formula is C21H25FN2O4S. The van der Waals surface area contributed by atoms with Gasteiger partial charge in [-0.1, -0.05) is 12.1 Å². The van der Waals surface area contributed by atoms with Crippen LogP contribution in [0.4, 0.5) is 4.39 Å². The molecule has 8 heteroatoms. The van der Waals surface area contributed by atoms with Gasteiger partial charge in [-0.3, -0.25) is 4.79 Å². The Labute approximate surface area is 170 Å².